The van der Waals surface area contributed by atoms with Gasteiger partial charge in [-0.1, -0.05) is 13.3 Å². The van der Waals surface area contributed by atoms with Crippen LogP contribution >= 0.6 is 0 Å². The number of hydrogen-bond donors (Lipinski definition) is 1. The predicted octanol–water partition coefficient (Wildman–Crippen LogP) is 2.32. The van der Waals surface area contributed by atoms with Crippen molar-refractivity contribution in [1.29, 1.82) is 0 Å². The lowest BCUT2D eigenvalue weighted by molar-refractivity contribution is -0.0417. The van der Waals surface area contributed by atoms with Gasteiger partial charge < -0.3 is 10.5 Å². The SMILES string of the molecule is CCCC(C)(C)OCC(C)(C)N. The molecule has 0 saturated carbocycles. The van der Waals surface area contributed by atoms with Gasteiger partial charge in [0, 0.05) is 5.54 Å². The minimum atomic E-state index is -0.217. The second kappa shape index (κ2) is 4.24. The lowest BCUT2D eigenvalue weighted by atomic mass is 10.0. The van der Waals surface area contributed by atoms with Crippen molar-refractivity contribution in [3.05, 3.63) is 0 Å². The number of hydrogen-bond acceptors (Lipinski definition) is 2. The van der Waals surface area contributed by atoms with Crippen molar-refractivity contribution in [2.24, 2.45) is 5.73 Å². The lowest BCUT2D eigenvalue weighted by Gasteiger charge is -2.29. The Bertz CT molecular complexity index is 124. The van der Waals surface area contributed by atoms with Gasteiger partial charge in [-0.05, 0) is 34.1 Å². The summed E-state index contributed by atoms with van der Waals surface area (Å²) in [6, 6.07) is 0. The number of nitrogens with two attached hydrogens (primary N) is 1. The van der Waals surface area contributed by atoms with Gasteiger partial charge in [-0.15, -0.1) is 0 Å². The van der Waals surface area contributed by atoms with Crippen LogP contribution in [0.3, 0.4) is 0 Å². The Balaban J connectivity index is 3.75. The van der Waals surface area contributed by atoms with Crippen molar-refractivity contribution in [2.75, 3.05) is 6.61 Å². The fourth-order valence-corrected chi connectivity index (χ4v) is 1.06. The van der Waals surface area contributed by atoms with Crippen LogP contribution < -0.4 is 5.73 Å². The Morgan fingerprint density at radius 3 is 2.00 bits per heavy atom. The number of rotatable bonds is 5. The van der Waals surface area contributed by atoms with Gasteiger partial charge in [-0.25, -0.2) is 0 Å². The van der Waals surface area contributed by atoms with E-state index in [1.54, 1.807) is 0 Å². The highest BCUT2D eigenvalue weighted by Crippen LogP contribution is 2.17. The topological polar surface area (TPSA) is 35.2 Å². The van der Waals surface area contributed by atoms with Crippen molar-refractivity contribution in [3.8, 4) is 0 Å². The van der Waals surface area contributed by atoms with Crippen molar-refractivity contribution in [3.63, 3.8) is 0 Å². The van der Waals surface area contributed by atoms with E-state index in [1.165, 1.54) is 0 Å². The maximum Gasteiger partial charge on any atom is 0.0648 e. The molecular weight excluding hydrogens is 150 g/mol. The molecule has 0 radical (unpaired) electrons. The van der Waals surface area contributed by atoms with Gasteiger partial charge in [0.05, 0.1) is 12.2 Å². The van der Waals surface area contributed by atoms with E-state index < -0.39 is 0 Å². The molecule has 12 heavy (non-hydrogen) atoms. The van der Waals surface area contributed by atoms with Gasteiger partial charge >= 0.3 is 0 Å². The molecule has 0 amide bonds. The van der Waals surface area contributed by atoms with Gasteiger partial charge in [0.2, 0.25) is 0 Å². The van der Waals surface area contributed by atoms with Crippen LogP contribution in [-0.2, 0) is 4.74 Å². The standard InChI is InChI=1S/C10H23NO/c1-6-7-10(4,5)12-8-9(2,3)11/h6-8,11H2,1-5H3. The van der Waals surface area contributed by atoms with Gasteiger partial charge in [-0.3, -0.25) is 0 Å². The summed E-state index contributed by atoms with van der Waals surface area (Å²) in [4.78, 5) is 0. The van der Waals surface area contributed by atoms with E-state index in [1.807, 2.05) is 13.8 Å². The fraction of sp³-hybridized carbons (Fsp3) is 1.00. The monoisotopic (exact) mass is 173 g/mol. The Labute approximate surface area is 76.5 Å². The zero-order valence-corrected chi connectivity index (χ0v) is 9.11. The first-order chi connectivity index (χ1) is 5.27. The van der Waals surface area contributed by atoms with Crippen molar-refractivity contribution < 1.29 is 4.74 Å². The smallest absolute Gasteiger partial charge is 0.0648 e. The fourth-order valence-electron chi connectivity index (χ4n) is 1.06. The summed E-state index contributed by atoms with van der Waals surface area (Å²) in [6.45, 7) is 11.0. The molecule has 0 bridgehead atoms. The van der Waals surface area contributed by atoms with Crippen LogP contribution in [0.15, 0.2) is 0 Å². The van der Waals surface area contributed by atoms with Crippen molar-refractivity contribution in [2.45, 2.75) is 58.6 Å². The van der Waals surface area contributed by atoms with E-state index in [0.29, 0.717) is 6.61 Å². The van der Waals surface area contributed by atoms with E-state index in [2.05, 4.69) is 20.8 Å². The van der Waals surface area contributed by atoms with Crippen molar-refractivity contribution in [1.82, 2.24) is 0 Å². The Morgan fingerprint density at radius 2 is 1.67 bits per heavy atom. The molecule has 0 aromatic heterocycles. The molecule has 0 spiro atoms. The largest absolute Gasteiger partial charge is 0.374 e. The summed E-state index contributed by atoms with van der Waals surface area (Å²) in [5, 5.41) is 0. The van der Waals surface area contributed by atoms with Crippen LogP contribution in [0.2, 0.25) is 0 Å². The van der Waals surface area contributed by atoms with Crippen LogP contribution in [-0.4, -0.2) is 17.7 Å². The number of ether oxygens (including phenoxy) is 1. The molecule has 0 aliphatic rings. The highest BCUT2D eigenvalue weighted by molar-refractivity contribution is 4.75. The molecular formula is C10H23NO. The average molecular weight is 173 g/mol. The van der Waals surface area contributed by atoms with Gasteiger partial charge in [-0.2, -0.15) is 0 Å². The van der Waals surface area contributed by atoms with Crippen LogP contribution in [0.5, 0.6) is 0 Å². The van der Waals surface area contributed by atoms with Gasteiger partial charge in [0.25, 0.3) is 0 Å². The first kappa shape index (κ1) is 11.9. The van der Waals surface area contributed by atoms with E-state index >= 15 is 0 Å². The molecule has 2 heteroatoms. The molecule has 0 atom stereocenters. The first-order valence-corrected chi connectivity index (χ1v) is 4.70. The predicted molar refractivity (Wildman–Crippen MR) is 53.2 cm³/mol. The molecule has 0 aromatic rings. The van der Waals surface area contributed by atoms with E-state index in [9.17, 15) is 0 Å². The third kappa shape index (κ3) is 6.62. The summed E-state index contributed by atoms with van der Waals surface area (Å²) >= 11 is 0. The zero-order chi connectivity index (χ0) is 9.83. The van der Waals surface area contributed by atoms with Gasteiger partial charge in [0.15, 0.2) is 0 Å². The molecule has 0 rings (SSSR count). The van der Waals surface area contributed by atoms with Crippen LogP contribution in [0.1, 0.15) is 47.5 Å². The summed E-state index contributed by atoms with van der Waals surface area (Å²) in [7, 11) is 0. The molecule has 0 saturated heterocycles. The van der Waals surface area contributed by atoms with E-state index in [4.69, 9.17) is 10.5 Å². The zero-order valence-electron chi connectivity index (χ0n) is 9.11. The van der Waals surface area contributed by atoms with Gasteiger partial charge in [0.1, 0.15) is 0 Å². The van der Waals surface area contributed by atoms with Crippen LogP contribution in [0.25, 0.3) is 0 Å². The maximum atomic E-state index is 5.81. The molecule has 0 fully saturated rings. The molecule has 74 valence electrons. The second-order valence-corrected chi connectivity index (χ2v) is 4.79. The first-order valence-electron chi connectivity index (χ1n) is 4.70. The maximum absolute atomic E-state index is 5.81. The third-order valence-corrected chi connectivity index (χ3v) is 1.69. The average Bonchev–Trinajstić information content (AvgIpc) is 1.83. The van der Waals surface area contributed by atoms with Crippen molar-refractivity contribution >= 4 is 0 Å². The van der Waals surface area contributed by atoms with E-state index in [-0.39, 0.29) is 11.1 Å². The Hall–Kier alpha value is -0.0800. The highest BCUT2D eigenvalue weighted by Gasteiger charge is 2.20. The molecule has 2 nitrogen and oxygen atoms in total. The molecule has 0 aliphatic heterocycles. The normalized spacial score (nSPS) is 13.5. The second-order valence-electron chi connectivity index (χ2n) is 4.79. The third-order valence-electron chi connectivity index (χ3n) is 1.69. The minimum absolute atomic E-state index is 0.0224. The lowest BCUT2D eigenvalue weighted by Crippen LogP contribution is -2.41. The van der Waals surface area contributed by atoms with Crippen LogP contribution in [0, 0.1) is 0 Å². The molecule has 2 N–H and O–H groups in total. The molecule has 0 heterocycles. The minimum Gasteiger partial charge on any atom is -0.374 e. The summed E-state index contributed by atoms with van der Waals surface area (Å²) in [5.74, 6) is 0. The summed E-state index contributed by atoms with van der Waals surface area (Å²) in [6.07, 6.45) is 2.24. The Morgan fingerprint density at radius 1 is 1.17 bits per heavy atom. The highest BCUT2D eigenvalue weighted by atomic mass is 16.5. The van der Waals surface area contributed by atoms with Crippen LogP contribution in [0.4, 0.5) is 0 Å². The molecule has 0 aliphatic carbocycles. The summed E-state index contributed by atoms with van der Waals surface area (Å²) < 4.78 is 5.71. The molecule has 0 unspecified atom stereocenters. The quantitative estimate of drug-likeness (QED) is 0.692. The van der Waals surface area contributed by atoms with E-state index in [0.717, 1.165) is 12.8 Å². The Kier molecular flexibility index (Phi) is 4.21. The molecule has 0 aromatic carbocycles. The summed E-state index contributed by atoms with van der Waals surface area (Å²) in [5.41, 5.74) is 5.57.